The Balaban J connectivity index is 2.12. The van der Waals surface area contributed by atoms with Gasteiger partial charge in [0.25, 0.3) is 0 Å². The minimum absolute atomic E-state index is 0.0765. The number of sulfonamides is 1. The maximum Gasteiger partial charge on any atom is 0.417 e. The van der Waals surface area contributed by atoms with Crippen molar-refractivity contribution in [2.24, 2.45) is 0 Å². The van der Waals surface area contributed by atoms with E-state index >= 15 is 0 Å². The zero-order valence-corrected chi connectivity index (χ0v) is 26.3. The Labute approximate surface area is 259 Å². The number of halogens is 5. The van der Waals surface area contributed by atoms with Crippen LogP contribution in [0.15, 0.2) is 72.8 Å². The van der Waals surface area contributed by atoms with Gasteiger partial charge < -0.3 is 10.2 Å². The Hall–Kier alpha value is -3.28. The van der Waals surface area contributed by atoms with E-state index in [1.807, 2.05) is 0 Å². The number of carbonyl (C=O) groups excluding carboxylic acids is 2. The Morgan fingerprint density at radius 1 is 0.907 bits per heavy atom. The van der Waals surface area contributed by atoms with Crippen LogP contribution in [0.4, 0.5) is 18.9 Å². The first-order valence-corrected chi connectivity index (χ1v) is 15.7. The van der Waals surface area contributed by atoms with Crippen LogP contribution in [0.1, 0.15) is 37.5 Å². The molecular weight excluding hydrogens is 626 g/mol. The molecule has 0 spiro atoms. The number of carbonyl (C=O) groups is 2. The lowest BCUT2D eigenvalue weighted by Crippen LogP contribution is -2.56. The minimum atomic E-state index is -4.87. The van der Waals surface area contributed by atoms with Gasteiger partial charge in [-0.3, -0.25) is 13.9 Å². The summed E-state index contributed by atoms with van der Waals surface area (Å²) in [6, 6.07) is 17.0. The second-order valence-corrected chi connectivity index (χ2v) is 13.8. The van der Waals surface area contributed by atoms with Crippen molar-refractivity contribution < 1.29 is 31.2 Å². The monoisotopic (exact) mass is 657 g/mol. The second-order valence-electron chi connectivity index (χ2n) is 11.0. The van der Waals surface area contributed by atoms with E-state index in [1.54, 1.807) is 75.4 Å². The molecule has 0 aliphatic carbocycles. The quantitative estimate of drug-likeness (QED) is 0.276. The van der Waals surface area contributed by atoms with Gasteiger partial charge in [0.2, 0.25) is 21.8 Å². The molecule has 0 radical (unpaired) electrons. The number of alkyl halides is 3. The third-order valence-corrected chi connectivity index (χ3v) is 7.94. The lowest BCUT2D eigenvalue weighted by molar-refractivity contribution is -0.140. The fourth-order valence-corrected chi connectivity index (χ4v) is 5.62. The van der Waals surface area contributed by atoms with E-state index in [4.69, 9.17) is 23.2 Å². The van der Waals surface area contributed by atoms with Crippen LogP contribution in [0, 0.1) is 0 Å². The molecule has 1 atom stereocenters. The molecule has 2 amide bonds. The molecule has 0 heterocycles. The van der Waals surface area contributed by atoms with Crippen LogP contribution in [0.25, 0.3) is 0 Å². The summed E-state index contributed by atoms with van der Waals surface area (Å²) < 4.78 is 67.1. The van der Waals surface area contributed by atoms with Gasteiger partial charge in [-0.2, -0.15) is 13.2 Å². The summed E-state index contributed by atoms with van der Waals surface area (Å²) in [4.78, 5) is 29.0. The molecule has 3 aromatic carbocycles. The highest BCUT2D eigenvalue weighted by molar-refractivity contribution is 7.92. The van der Waals surface area contributed by atoms with Gasteiger partial charge in [0, 0.05) is 23.5 Å². The molecule has 0 unspecified atom stereocenters. The molecule has 0 bridgehead atoms. The highest BCUT2D eigenvalue weighted by atomic mass is 35.5. The molecule has 7 nitrogen and oxygen atoms in total. The molecule has 0 aromatic heterocycles. The molecule has 0 aliphatic rings. The van der Waals surface area contributed by atoms with Crippen molar-refractivity contribution in [2.45, 2.75) is 51.5 Å². The van der Waals surface area contributed by atoms with Gasteiger partial charge in [0.1, 0.15) is 12.6 Å². The van der Waals surface area contributed by atoms with Gasteiger partial charge in [-0.15, -0.1) is 0 Å². The molecular formula is C30H32Cl2F3N3O4S. The fraction of sp³-hybridized carbons (Fsp3) is 0.333. The van der Waals surface area contributed by atoms with E-state index in [1.165, 1.54) is 4.90 Å². The van der Waals surface area contributed by atoms with E-state index in [0.29, 0.717) is 21.0 Å². The molecule has 0 aliphatic heterocycles. The maximum atomic E-state index is 14.1. The van der Waals surface area contributed by atoms with Crippen molar-refractivity contribution in [3.05, 3.63) is 99.5 Å². The lowest BCUT2D eigenvalue weighted by Gasteiger charge is -2.35. The van der Waals surface area contributed by atoms with Gasteiger partial charge in [-0.05, 0) is 62.2 Å². The van der Waals surface area contributed by atoms with Gasteiger partial charge in [-0.25, -0.2) is 8.42 Å². The van der Waals surface area contributed by atoms with E-state index in [2.05, 4.69) is 5.32 Å². The predicted molar refractivity (Wildman–Crippen MR) is 162 cm³/mol. The Morgan fingerprint density at radius 3 is 2.09 bits per heavy atom. The smallest absolute Gasteiger partial charge is 0.350 e. The third-order valence-electron chi connectivity index (χ3n) is 6.23. The number of hydrogen-bond acceptors (Lipinski definition) is 4. The van der Waals surface area contributed by atoms with Crippen molar-refractivity contribution in [3.63, 3.8) is 0 Å². The lowest BCUT2D eigenvalue weighted by atomic mass is 10.0. The average molecular weight is 659 g/mol. The first-order chi connectivity index (χ1) is 19.8. The zero-order chi connectivity index (χ0) is 32.2. The van der Waals surface area contributed by atoms with Crippen molar-refractivity contribution in [1.82, 2.24) is 10.2 Å². The van der Waals surface area contributed by atoms with Crippen LogP contribution < -0.4 is 9.62 Å². The summed E-state index contributed by atoms with van der Waals surface area (Å²) in [7, 11) is -4.28. The van der Waals surface area contributed by atoms with Crippen LogP contribution in [0.3, 0.4) is 0 Å². The van der Waals surface area contributed by atoms with E-state index in [-0.39, 0.29) is 13.0 Å². The Kier molecular flexibility index (Phi) is 10.8. The molecule has 3 rings (SSSR count). The molecule has 43 heavy (non-hydrogen) atoms. The molecule has 0 saturated heterocycles. The van der Waals surface area contributed by atoms with E-state index in [9.17, 15) is 31.2 Å². The van der Waals surface area contributed by atoms with Crippen LogP contribution >= 0.6 is 23.2 Å². The Morgan fingerprint density at radius 2 is 1.53 bits per heavy atom. The first-order valence-electron chi connectivity index (χ1n) is 13.1. The van der Waals surface area contributed by atoms with Crippen LogP contribution in [-0.4, -0.2) is 49.5 Å². The number of anilines is 1. The van der Waals surface area contributed by atoms with Gasteiger partial charge in [-0.1, -0.05) is 65.7 Å². The van der Waals surface area contributed by atoms with Crippen LogP contribution in [-0.2, 0) is 38.8 Å². The van der Waals surface area contributed by atoms with Gasteiger partial charge in [0.15, 0.2) is 0 Å². The van der Waals surface area contributed by atoms with Crippen molar-refractivity contribution in [3.8, 4) is 0 Å². The molecule has 232 valence electrons. The Bertz CT molecular complexity index is 1560. The molecule has 0 saturated carbocycles. The summed E-state index contributed by atoms with van der Waals surface area (Å²) in [6.07, 6.45) is -4.02. The van der Waals surface area contributed by atoms with E-state index < -0.39 is 62.4 Å². The third kappa shape index (κ3) is 9.87. The first kappa shape index (κ1) is 34.2. The number of nitrogens with zero attached hydrogens (tertiary/aromatic N) is 2. The van der Waals surface area contributed by atoms with Crippen LogP contribution in [0.5, 0.6) is 0 Å². The normalized spacial score (nSPS) is 12.9. The number of benzene rings is 3. The van der Waals surface area contributed by atoms with Crippen LogP contribution in [0.2, 0.25) is 10.0 Å². The highest BCUT2D eigenvalue weighted by Gasteiger charge is 2.37. The SMILES string of the molecule is CC(C)(C)NC(=O)[C@@H](Cc1ccccc1)N(Cc1cccc(Cl)c1)C(=O)CN(c1ccc(Cl)c(C(F)(F)F)c1)S(C)(=O)=O. The van der Waals surface area contributed by atoms with Crippen molar-refractivity contribution in [1.29, 1.82) is 0 Å². The summed E-state index contributed by atoms with van der Waals surface area (Å²) in [5.41, 5.74) is -1.05. The number of rotatable bonds is 10. The molecule has 0 fully saturated rings. The molecule has 3 aromatic rings. The summed E-state index contributed by atoms with van der Waals surface area (Å²) in [5.74, 6) is -1.32. The standard InChI is InChI=1S/C30H32Cl2F3N3O4S/c1-29(2,3)36-28(40)26(16-20-9-6-5-7-10-20)37(18-21-11-8-12-22(31)15-21)27(39)19-38(43(4,41)42)23-13-14-25(32)24(17-23)30(33,34)35/h5-15,17,26H,16,18-19H2,1-4H3,(H,36,40)/t26-/m1/s1. The topological polar surface area (TPSA) is 86.8 Å². The predicted octanol–water partition coefficient (Wildman–Crippen LogP) is 6.33. The van der Waals surface area contributed by atoms with E-state index in [0.717, 1.165) is 24.0 Å². The van der Waals surface area contributed by atoms with Crippen molar-refractivity contribution >= 4 is 50.7 Å². The largest absolute Gasteiger partial charge is 0.417 e. The van der Waals surface area contributed by atoms with Crippen molar-refractivity contribution in [2.75, 3.05) is 17.1 Å². The highest BCUT2D eigenvalue weighted by Crippen LogP contribution is 2.37. The van der Waals surface area contributed by atoms with Gasteiger partial charge in [0.05, 0.1) is 22.5 Å². The number of amides is 2. The second kappa shape index (κ2) is 13.6. The summed E-state index contributed by atoms with van der Waals surface area (Å²) in [5, 5.41) is 2.64. The van der Waals surface area contributed by atoms with Gasteiger partial charge >= 0.3 is 6.18 Å². The summed E-state index contributed by atoms with van der Waals surface area (Å²) >= 11 is 11.9. The average Bonchev–Trinajstić information content (AvgIpc) is 2.88. The zero-order valence-electron chi connectivity index (χ0n) is 24.0. The number of nitrogens with one attached hydrogen (secondary N) is 1. The summed E-state index contributed by atoms with van der Waals surface area (Å²) in [6.45, 7) is 4.31. The molecule has 1 N–H and O–H groups in total. The minimum Gasteiger partial charge on any atom is -0.350 e. The number of hydrogen-bond donors (Lipinski definition) is 1. The molecule has 13 heteroatoms. The fourth-order valence-electron chi connectivity index (χ4n) is 4.34. The maximum absolute atomic E-state index is 14.1.